The Morgan fingerprint density at radius 1 is 1.80 bits per heavy atom. The fourth-order valence-corrected chi connectivity index (χ4v) is 2.08. The lowest BCUT2D eigenvalue weighted by molar-refractivity contribution is 1.05. The lowest BCUT2D eigenvalue weighted by Gasteiger charge is -1.89. The quantitative estimate of drug-likeness (QED) is 0.589. The molecule has 10 heavy (non-hydrogen) atoms. The molecule has 0 spiro atoms. The molecule has 0 amide bonds. The molecule has 0 saturated heterocycles. The number of aromatic nitrogens is 2. The molecule has 1 rings (SSSR count). The van der Waals surface area contributed by atoms with Crippen LogP contribution in [0.25, 0.3) is 0 Å². The highest BCUT2D eigenvalue weighted by Gasteiger charge is 1.94. The third-order valence-corrected chi connectivity index (χ3v) is 2.97. The average molecular weight is 192 g/mol. The Labute approximate surface area is 73.2 Å². The number of nitrogens with zero attached hydrogens (tertiary/aromatic N) is 1. The van der Waals surface area contributed by atoms with Crippen LogP contribution in [-0.2, 0) is 0 Å². The highest BCUT2D eigenvalue weighted by molar-refractivity contribution is 7.99. The molecule has 0 aromatic carbocycles. The number of nitrogens with one attached hydrogen (secondary N) is 1. The van der Waals surface area contributed by atoms with Gasteiger partial charge < -0.3 is 0 Å². The first-order valence-electron chi connectivity index (χ1n) is 3.01. The van der Waals surface area contributed by atoms with Crippen molar-refractivity contribution in [2.45, 2.75) is 18.5 Å². The summed E-state index contributed by atoms with van der Waals surface area (Å²) >= 11 is 7.98. The van der Waals surface area contributed by atoms with Crippen LogP contribution in [0.4, 0.5) is 0 Å². The van der Waals surface area contributed by atoms with Gasteiger partial charge in [0, 0.05) is 5.75 Å². The molecule has 56 valence electrons. The fourth-order valence-electron chi connectivity index (χ4n) is 0.476. The van der Waals surface area contributed by atoms with Crippen molar-refractivity contribution in [3.05, 3.63) is 3.95 Å². The molecule has 0 unspecified atom stereocenters. The molecular weight excluding hydrogens is 184 g/mol. The van der Waals surface area contributed by atoms with Crippen LogP contribution < -0.4 is 0 Å². The van der Waals surface area contributed by atoms with Gasteiger partial charge in [0.05, 0.1) is 0 Å². The van der Waals surface area contributed by atoms with Crippen LogP contribution in [-0.4, -0.2) is 15.1 Å². The van der Waals surface area contributed by atoms with Crippen LogP contribution >= 0.6 is 35.5 Å². The normalized spacial score (nSPS) is 10.1. The zero-order chi connectivity index (χ0) is 7.40. The van der Waals surface area contributed by atoms with Crippen molar-refractivity contribution >= 4 is 35.5 Å². The minimum Gasteiger partial charge on any atom is -0.287 e. The third kappa shape index (κ3) is 2.40. The summed E-state index contributed by atoms with van der Waals surface area (Å²) < 4.78 is 3.72. The van der Waals surface area contributed by atoms with Gasteiger partial charge in [-0.3, -0.25) is 4.37 Å². The molecule has 0 atom stereocenters. The monoisotopic (exact) mass is 192 g/mol. The zero-order valence-electron chi connectivity index (χ0n) is 5.59. The number of rotatable bonds is 3. The summed E-state index contributed by atoms with van der Waals surface area (Å²) in [6.45, 7) is 2.15. The Hall–Kier alpha value is 0.130. The van der Waals surface area contributed by atoms with Crippen LogP contribution in [0.5, 0.6) is 0 Å². The fraction of sp³-hybridized carbons (Fsp3) is 0.600. The topological polar surface area (TPSA) is 28.7 Å². The van der Waals surface area contributed by atoms with E-state index < -0.39 is 0 Å². The third-order valence-electron chi connectivity index (χ3n) is 0.861. The number of thioether (sulfide) groups is 1. The molecular formula is C5H8N2S3. The standard InChI is InChI=1S/C5H8N2S3/c1-2-3-9-4-6-5(8)10-7-4/h2-3H2,1H3,(H,6,7,8). The maximum Gasteiger partial charge on any atom is 0.198 e. The van der Waals surface area contributed by atoms with Gasteiger partial charge in [0.15, 0.2) is 9.11 Å². The number of aromatic amines is 1. The van der Waals surface area contributed by atoms with Gasteiger partial charge in [0.2, 0.25) is 0 Å². The molecule has 0 aliphatic rings. The maximum absolute atomic E-state index is 4.85. The molecule has 5 heteroatoms. The van der Waals surface area contributed by atoms with Gasteiger partial charge >= 0.3 is 0 Å². The van der Waals surface area contributed by atoms with Crippen LogP contribution in [0.2, 0.25) is 0 Å². The van der Waals surface area contributed by atoms with E-state index in [1.54, 1.807) is 11.8 Å². The molecule has 0 fully saturated rings. The first kappa shape index (κ1) is 8.23. The van der Waals surface area contributed by atoms with E-state index in [9.17, 15) is 0 Å². The van der Waals surface area contributed by atoms with Gasteiger partial charge in [-0.25, -0.2) is 4.98 Å². The first-order valence-corrected chi connectivity index (χ1v) is 5.22. The van der Waals surface area contributed by atoms with Gasteiger partial charge in [0.1, 0.15) is 0 Å². The lowest BCUT2D eigenvalue weighted by Crippen LogP contribution is -1.76. The molecule has 0 radical (unpaired) electrons. The van der Waals surface area contributed by atoms with Crippen molar-refractivity contribution < 1.29 is 0 Å². The van der Waals surface area contributed by atoms with E-state index in [2.05, 4.69) is 16.3 Å². The first-order chi connectivity index (χ1) is 4.83. The smallest absolute Gasteiger partial charge is 0.198 e. The van der Waals surface area contributed by atoms with Crippen molar-refractivity contribution in [1.82, 2.24) is 9.36 Å². The summed E-state index contributed by atoms with van der Waals surface area (Å²) in [6.07, 6.45) is 1.17. The maximum atomic E-state index is 4.85. The Morgan fingerprint density at radius 3 is 3.10 bits per heavy atom. The molecule has 0 saturated carbocycles. The van der Waals surface area contributed by atoms with Gasteiger partial charge in [-0.2, -0.15) is 0 Å². The van der Waals surface area contributed by atoms with Crippen molar-refractivity contribution in [1.29, 1.82) is 0 Å². The summed E-state index contributed by atoms with van der Waals surface area (Å²) in [5.74, 6) is 1.11. The van der Waals surface area contributed by atoms with Gasteiger partial charge in [-0.05, 0) is 30.2 Å². The van der Waals surface area contributed by atoms with E-state index in [1.807, 2.05) is 0 Å². The summed E-state index contributed by atoms with van der Waals surface area (Å²) in [6, 6.07) is 0. The van der Waals surface area contributed by atoms with Gasteiger partial charge in [-0.15, -0.1) is 0 Å². The second-order valence-corrected chi connectivity index (χ2v) is 4.26. The second-order valence-electron chi connectivity index (χ2n) is 1.74. The molecule has 1 heterocycles. The molecule has 1 aromatic rings. The van der Waals surface area contributed by atoms with E-state index in [4.69, 9.17) is 12.2 Å². The van der Waals surface area contributed by atoms with Gasteiger partial charge in [0.25, 0.3) is 0 Å². The summed E-state index contributed by atoms with van der Waals surface area (Å²) in [4.78, 5) is 4.09. The average Bonchev–Trinajstić information content (AvgIpc) is 2.31. The molecule has 0 aliphatic heterocycles. The van der Waals surface area contributed by atoms with Crippen LogP contribution in [0.15, 0.2) is 5.16 Å². The summed E-state index contributed by atoms with van der Waals surface area (Å²) in [5, 5.41) is 0.955. The SMILES string of the molecule is CCCSc1nc(=S)s[nH]1. The molecule has 0 aliphatic carbocycles. The van der Waals surface area contributed by atoms with E-state index in [1.165, 1.54) is 18.0 Å². The number of hydrogen-bond acceptors (Lipinski definition) is 4. The highest BCUT2D eigenvalue weighted by Crippen LogP contribution is 2.14. The van der Waals surface area contributed by atoms with Crippen LogP contribution in [0.1, 0.15) is 13.3 Å². The van der Waals surface area contributed by atoms with Crippen LogP contribution in [0.3, 0.4) is 0 Å². The molecule has 1 aromatic heterocycles. The zero-order valence-corrected chi connectivity index (χ0v) is 8.04. The van der Waals surface area contributed by atoms with Crippen molar-refractivity contribution in [2.75, 3.05) is 5.75 Å². The van der Waals surface area contributed by atoms with E-state index in [0.717, 1.165) is 10.9 Å². The molecule has 2 nitrogen and oxygen atoms in total. The van der Waals surface area contributed by atoms with Crippen LogP contribution in [0, 0.1) is 3.95 Å². The minimum absolute atomic E-state index is 0.693. The summed E-state index contributed by atoms with van der Waals surface area (Å²) in [5.41, 5.74) is 0. The Bertz CT molecular complexity index is 239. The Kier molecular flexibility index (Phi) is 3.37. The lowest BCUT2D eigenvalue weighted by atomic mass is 10.6. The van der Waals surface area contributed by atoms with Gasteiger partial charge in [-0.1, -0.05) is 18.7 Å². The highest BCUT2D eigenvalue weighted by atomic mass is 32.2. The van der Waals surface area contributed by atoms with Crippen molar-refractivity contribution in [3.63, 3.8) is 0 Å². The predicted molar refractivity (Wildman–Crippen MR) is 48.3 cm³/mol. The van der Waals surface area contributed by atoms with E-state index in [-0.39, 0.29) is 0 Å². The number of hydrogen-bond donors (Lipinski definition) is 1. The van der Waals surface area contributed by atoms with Crippen molar-refractivity contribution in [3.8, 4) is 0 Å². The van der Waals surface area contributed by atoms with Crippen molar-refractivity contribution in [2.24, 2.45) is 0 Å². The predicted octanol–water partition coefficient (Wildman–Crippen LogP) is 2.70. The van der Waals surface area contributed by atoms with E-state index >= 15 is 0 Å². The minimum atomic E-state index is 0.693. The number of H-pyrrole nitrogens is 1. The summed E-state index contributed by atoms with van der Waals surface area (Å²) in [7, 11) is 0. The van der Waals surface area contributed by atoms with E-state index in [0.29, 0.717) is 3.95 Å². The largest absolute Gasteiger partial charge is 0.287 e. The Balaban J connectivity index is 2.50. The molecule has 0 bridgehead atoms. The second kappa shape index (κ2) is 4.10. The Morgan fingerprint density at radius 2 is 2.60 bits per heavy atom. The molecule has 1 N–H and O–H groups in total.